The summed E-state index contributed by atoms with van der Waals surface area (Å²) in [5, 5.41) is 5.83. The van der Waals surface area contributed by atoms with Crippen molar-refractivity contribution in [2.24, 2.45) is 0 Å². The Kier molecular flexibility index (Phi) is 1.54. The van der Waals surface area contributed by atoms with Crippen molar-refractivity contribution in [3.63, 3.8) is 0 Å². The predicted octanol–water partition coefficient (Wildman–Crippen LogP) is -0.0264. The Morgan fingerprint density at radius 1 is 1.36 bits per heavy atom. The van der Waals surface area contributed by atoms with Crippen molar-refractivity contribution in [2.75, 3.05) is 19.6 Å². The molecule has 4 heteroatoms. The first-order valence-corrected chi connectivity index (χ1v) is 3.73. The van der Waals surface area contributed by atoms with Gasteiger partial charge in [-0.05, 0) is 0 Å². The lowest BCUT2D eigenvalue weighted by Crippen LogP contribution is -2.39. The Morgan fingerprint density at radius 3 is 3.18 bits per heavy atom. The van der Waals surface area contributed by atoms with Crippen LogP contribution in [0.4, 0.5) is 4.79 Å². The summed E-state index contributed by atoms with van der Waals surface area (Å²) in [5.41, 5.74) is 1.18. The number of ether oxygens (including phenoxy) is 1. The molecule has 2 aliphatic rings. The van der Waals surface area contributed by atoms with E-state index in [-0.39, 0.29) is 6.09 Å². The second-order valence-corrected chi connectivity index (χ2v) is 2.70. The minimum Gasteiger partial charge on any atom is -0.415 e. The van der Waals surface area contributed by atoms with Gasteiger partial charge in [0.05, 0.1) is 0 Å². The summed E-state index contributed by atoms with van der Waals surface area (Å²) in [4.78, 5) is 10.7. The summed E-state index contributed by atoms with van der Waals surface area (Å²) >= 11 is 0. The van der Waals surface area contributed by atoms with Crippen LogP contribution in [0.5, 0.6) is 0 Å². The Morgan fingerprint density at radius 2 is 2.27 bits per heavy atom. The molecule has 60 valence electrons. The Hall–Kier alpha value is -1.03. The van der Waals surface area contributed by atoms with E-state index in [1.165, 1.54) is 5.57 Å². The van der Waals surface area contributed by atoms with Gasteiger partial charge in [0, 0.05) is 31.6 Å². The molecule has 0 aromatic rings. The minimum absolute atomic E-state index is 0.314. The molecule has 0 aliphatic carbocycles. The van der Waals surface area contributed by atoms with Gasteiger partial charge in [-0.25, -0.2) is 4.79 Å². The summed E-state index contributed by atoms with van der Waals surface area (Å²) in [7, 11) is 0. The SMILES string of the molecule is O=C1NCC2=C(CCNC2)O1. The second kappa shape index (κ2) is 2.54. The number of hydrogen-bond donors (Lipinski definition) is 2. The van der Waals surface area contributed by atoms with Crippen LogP contribution in [0.15, 0.2) is 11.3 Å². The molecule has 11 heavy (non-hydrogen) atoms. The molecule has 0 aromatic heterocycles. The van der Waals surface area contributed by atoms with Gasteiger partial charge in [-0.2, -0.15) is 0 Å². The average molecular weight is 154 g/mol. The molecule has 0 radical (unpaired) electrons. The van der Waals surface area contributed by atoms with Crippen LogP contribution < -0.4 is 10.6 Å². The standard InChI is InChI=1S/C7H10N2O2/c10-7-9-4-5-3-8-2-1-6(5)11-7/h8H,1-4H2,(H,9,10). The van der Waals surface area contributed by atoms with Crippen LogP contribution in [0, 0.1) is 0 Å². The molecule has 2 N–H and O–H groups in total. The van der Waals surface area contributed by atoms with Crippen molar-refractivity contribution < 1.29 is 9.53 Å². The predicted molar refractivity (Wildman–Crippen MR) is 39.0 cm³/mol. The van der Waals surface area contributed by atoms with Crippen LogP contribution in [0.1, 0.15) is 6.42 Å². The van der Waals surface area contributed by atoms with E-state index >= 15 is 0 Å². The van der Waals surface area contributed by atoms with Crippen LogP contribution >= 0.6 is 0 Å². The van der Waals surface area contributed by atoms with Crippen LogP contribution in [-0.4, -0.2) is 25.7 Å². The number of carbonyl (C=O) groups is 1. The van der Waals surface area contributed by atoms with E-state index < -0.39 is 0 Å². The van der Waals surface area contributed by atoms with Gasteiger partial charge in [-0.1, -0.05) is 0 Å². The molecule has 0 spiro atoms. The van der Waals surface area contributed by atoms with Crippen LogP contribution in [0.3, 0.4) is 0 Å². The zero-order chi connectivity index (χ0) is 7.68. The maximum absolute atomic E-state index is 10.7. The molecule has 0 unspecified atom stereocenters. The van der Waals surface area contributed by atoms with Gasteiger partial charge in [0.15, 0.2) is 0 Å². The summed E-state index contributed by atoms with van der Waals surface area (Å²) < 4.78 is 4.98. The van der Waals surface area contributed by atoms with Gasteiger partial charge in [-0.3, -0.25) is 0 Å². The van der Waals surface area contributed by atoms with Gasteiger partial charge in [0.1, 0.15) is 5.76 Å². The van der Waals surface area contributed by atoms with E-state index in [1.807, 2.05) is 0 Å². The molecule has 0 saturated carbocycles. The van der Waals surface area contributed by atoms with Gasteiger partial charge in [0.25, 0.3) is 0 Å². The lowest BCUT2D eigenvalue weighted by molar-refractivity contribution is 0.163. The zero-order valence-electron chi connectivity index (χ0n) is 6.14. The minimum atomic E-state index is -0.314. The molecular weight excluding hydrogens is 144 g/mol. The molecule has 0 saturated heterocycles. The Balaban J connectivity index is 2.18. The van der Waals surface area contributed by atoms with Crippen molar-refractivity contribution in [1.82, 2.24) is 10.6 Å². The van der Waals surface area contributed by atoms with Gasteiger partial charge >= 0.3 is 6.09 Å². The van der Waals surface area contributed by atoms with E-state index in [9.17, 15) is 4.79 Å². The highest BCUT2D eigenvalue weighted by Crippen LogP contribution is 2.16. The van der Waals surface area contributed by atoms with E-state index in [0.29, 0.717) is 6.54 Å². The van der Waals surface area contributed by atoms with E-state index in [1.54, 1.807) is 0 Å². The maximum atomic E-state index is 10.7. The summed E-state index contributed by atoms with van der Waals surface area (Å²) in [6, 6.07) is 0. The van der Waals surface area contributed by atoms with Crippen molar-refractivity contribution in [2.45, 2.75) is 6.42 Å². The molecule has 2 aliphatic heterocycles. The fourth-order valence-electron chi connectivity index (χ4n) is 1.33. The number of carbonyl (C=O) groups excluding carboxylic acids is 1. The van der Waals surface area contributed by atoms with Crippen molar-refractivity contribution in [1.29, 1.82) is 0 Å². The fraction of sp³-hybridized carbons (Fsp3) is 0.571. The normalized spacial score (nSPS) is 23.8. The van der Waals surface area contributed by atoms with E-state index in [0.717, 1.165) is 25.3 Å². The zero-order valence-corrected chi connectivity index (χ0v) is 6.14. The molecule has 0 bridgehead atoms. The summed E-state index contributed by atoms with van der Waals surface area (Å²) in [6.45, 7) is 2.39. The lowest BCUT2D eigenvalue weighted by Gasteiger charge is -2.24. The third-order valence-corrected chi connectivity index (χ3v) is 1.92. The average Bonchev–Trinajstić information content (AvgIpc) is 2.04. The molecule has 0 atom stereocenters. The molecule has 0 fully saturated rings. The topological polar surface area (TPSA) is 50.4 Å². The van der Waals surface area contributed by atoms with Gasteiger partial charge in [-0.15, -0.1) is 0 Å². The maximum Gasteiger partial charge on any atom is 0.412 e. The van der Waals surface area contributed by atoms with Crippen LogP contribution in [0.25, 0.3) is 0 Å². The van der Waals surface area contributed by atoms with Crippen molar-refractivity contribution in [3.05, 3.63) is 11.3 Å². The highest BCUT2D eigenvalue weighted by molar-refractivity contribution is 5.70. The first-order valence-electron chi connectivity index (χ1n) is 3.73. The largest absolute Gasteiger partial charge is 0.415 e. The number of rotatable bonds is 0. The quantitative estimate of drug-likeness (QED) is 0.515. The molecule has 2 rings (SSSR count). The lowest BCUT2D eigenvalue weighted by atomic mass is 10.1. The Bertz CT molecular complexity index is 222. The summed E-state index contributed by atoms with van der Waals surface area (Å²) in [6.07, 6.45) is 0.522. The first kappa shape index (κ1) is 6.67. The first-order chi connectivity index (χ1) is 5.36. The van der Waals surface area contributed by atoms with Crippen molar-refractivity contribution in [3.8, 4) is 0 Å². The molecular formula is C7H10N2O2. The number of nitrogens with one attached hydrogen (secondary N) is 2. The van der Waals surface area contributed by atoms with E-state index in [2.05, 4.69) is 10.6 Å². The highest BCUT2D eigenvalue weighted by Gasteiger charge is 2.21. The smallest absolute Gasteiger partial charge is 0.412 e. The highest BCUT2D eigenvalue weighted by atomic mass is 16.6. The van der Waals surface area contributed by atoms with E-state index in [4.69, 9.17) is 4.74 Å². The van der Waals surface area contributed by atoms with Gasteiger partial charge in [0.2, 0.25) is 0 Å². The van der Waals surface area contributed by atoms with Crippen LogP contribution in [-0.2, 0) is 4.74 Å². The monoisotopic (exact) mass is 154 g/mol. The molecule has 0 aromatic carbocycles. The third-order valence-electron chi connectivity index (χ3n) is 1.92. The Labute approximate surface area is 64.6 Å². The second-order valence-electron chi connectivity index (χ2n) is 2.70. The number of amides is 1. The summed E-state index contributed by atoms with van der Waals surface area (Å²) in [5.74, 6) is 0.868. The number of alkyl carbamates (subject to hydrolysis) is 1. The molecule has 4 nitrogen and oxygen atoms in total. The molecule has 1 amide bonds. The number of hydrogen-bond acceptors (Lipinski definition) is 3. The molecule has 2 heterocycles. The van der Waals surface area contributed by atoms with Crippen molar-refractivity contribution >= 4 is 6.09 Å². The third kappa shape index (κ3) is 1.21. The van der Waals surface area contributed by atoms with Crippen LogP contribution in [0.2, 0.25) is 0 Å². The van der Waals surface area contributed by atoms with Gasteiger partial charge < -0.3 is 15.4 Å². The fourth-order valence-corrected chi connectivity index (χ4v) is 1.33.